The van der Waals surface area contributed by atoms with Crippen LogP contribution in [0.2, 0.25) is 0 Å². The van der Waals surface area contributed by atoms with E-state index in [0.29, 0.717) is 5.82 Å². The monoisotopic (exact) mass is 201 g/mol. The molecular formula is C12H15N3. The minimum absolute atomic E-state index is 0.0368. The first kappa shape index (κ1) is 9.90. The van der Waals surface area contributed by atoms with Crippen molar-refractivity contribution in [3.63, 3.8) is 0 Å². The van der Waals surface area contributed by atoms with Gasteiger partial charge in [0.2, 0.25) is 0 Å². The van der Waals surface area contributed by atoms with Crippen LogP contribution in [0.25, 0.3) is 10.9 Å². The fraction of sp³-hybridized carbons (Fsp3) is 0.333. The maximum Gasteiger partial charge on any atom is 0.129 e. The minimum Gasteiger partial charge on any atom is -0.383 e. The number of hydrogen-bond donors (Lipinski definition) is 1. The van der Waals surface area contributed by atoms with E-state index >= 15 is 0 Å². The quantitative estimate of drug-likeness (QED) is 0.712. The Kier molecular flexibility index (Phi) is 2.11. The van der Waals surface area contributed by atoms with Gasteiger partial charge < -0.3 is 5.73 Å². The van der Waals surface area contributed by atoms with Gasteiger partial charge in [-0.25, -0.2) is 4.98 Å². The second-order valence-corrected chi connectivity index (χ2v) is 4.71. The standard InChI is InChI=1S/C12H15N3/c1-12(2,3)9-10-8(5-4-6-14-10)7-15-11(9)13/h4-7H,1-3H3,(H2,13,15). The number of fused-ring (bicyclic) bond motifs is 1. The first-order chi connectivity index (χ1) is 7.00. The Bertz CT molecular complexity index is 498. The Morgan fingerprint density at radius 3 is 2.60 bits per heavy atom. The summed E-state index contributed by atoms with van der Waals surface area (Å²) >= 11 is 0. The van der Waals surface area contributed by atoms with Gasteiger partial charge in [0.15, 0.2) is 0 Å². The molecule has 0 saturated heterocycles. The maximum absolute atomic E-state index is 5.92. The van der Waals surface area contributed by atoms with E-state index in [-0.39, 0.29) is 5.41 Å². The van der Waals surface area contributed by atoms with Crippen LogP contribution in [0.4, 0.5) is 5.82 Å². The van der Waals surface area contributed by atoms with Crippen molar-refractivity contribution < 1.29 is 0 Å². The van der Waals surface area contributed by atoms with Gasteiger partial charge in [-0.05, 0) is 17.5 Å². The third-order valence-corrected chi connectivity index (χ3v) is 2.42. The molecule has 0 amide bonds. The lowest BCUT2D eigenvalue weighted by molar-refractivity contribution is 0.595. The molecule has 2 N–H and O–H groups in total. The van der Waals surface area contributed by atoms with E-state index < -0.39 is 0 Å². The lowest BCUT2D eigenvalue weighted by Gasteiger charge is -2.21. The van der Waals surface area contributed by atoms with Gasteiger partial charge >= 0.3 is 0 Å². The number of rotatable bonds is 0. The van der Waals surface area contributed by atoms with Gasteiger partial charge in [0.05, 0.1) is 5.52 Å². The van der Waals surface area contributed by atoms with Crippen molar-refractivity contribution in [3.05, 3.63) is 30.1 Å². The van der Waals surface area contributed by atoms with Crippen molar-refractivity contribution in [2.45, 2.75) is 26.2 Å². The highest BCUT2D eigenvalue weighted by atomic mass is 14.8. The highest BCUT2D eigenvalue weighted by Gasteiger charge is 2.21. The van der Waals surface area contributed by atoms with Crippen molar-refractivity contribution in [2.24, 2.45) is 0 Å². The van der Waals surface area contributed by atoms with Crippen LogP contribution in [0.1, 0.15) is 26.3 Å². The predicted octanol–water partition coefficient (Wildman–Crippen LogP) is 2.51. The smallest absolute Gasteiger partial charge is 0.129 e. The number of aromatic nitrogens is 2. The SMILES string of the molecule is CC(C)(C)c1c(N)ncc2cccnc12. The molecule has 0 saturated carbocycles. The van der Waals surface area contributed by atoms with Crippen molar-refractivity contribution in [1.29, 1.82) is 0 Å². The molecule has 15 heavy (non-hydrogen) atoms. The van der Waals surface area contributed by atoms with Crippen LogP contribution >= 0.6 is 0 Å². The summed E-state index contributed by atoms with van der Waals surface area (Å²) in [7, 11) is 0. The van der Waals surface area contributed by atoms with E-state index in [2.05, 4.69) is 30.7 Å². The third kappa shape index (κ3) is 1.65. The largest absolute Gasteiger partial charge is 0.383 e. The van der Waals surface area contributed by atoms with Gasteiger partial charge in [0, 0.05) is 23.3 Å². The van der Waals surface area contributed by atoms with Gasteiger partial charge in [0.25, 0.3) is 0 Å². The van der Waals surface area contributed by atoms with Crippen molar-refractivity contribution in [2.75, 3.05) is 5.73 Å². The number of pyridine rings is 2. The number of nitrogens with zero attached hydrogens (tertiary/aromatic N) is 2. The Morgan fingerprint density at radius 1 is 1.20 bits per heavy atom. The van der Waals surface area contributed by atoms with E-state index in [1.54, 1.807) is 12.4 Å². The van der Waals surface area contributed by atoms with Crippen LogP contribution in [0.3, 0.4) is 0 Å². The average molecular weight is 201 g/mol. The topological polar surface area (TPSA) is 51.8 Å². The molecule has 0 aliphatic heterocycles. The molecule has 2 aromatic rings. The summed E-state index contributed by atoms with van der Waals surface area (Å²) in [6, 6.07) is 3.91. The number of hydrogen-bond acceptors (Lipinski definition) is 3. The third-order valence-electron chi connectivity index (χ3n) is 2.42. The van der Waals surface area contributed by atoms with Crippen LogP contribution in [0, 0.1) is 0 Å². The highest BCUT2D eigenvalue weighted by molar-refractivity contribution is 5.85. The minimum atomic E-state index is -0.0368. The lowest BCUT2D eigenvalue weighted by Crippen LogP contribution is -2.16. The first-order valence-corrected chi connectivity index (χ1v) is 5.00. The van der Waals surface area contributed by atoms with Crippen molar-refractivity contribution in [1.82, 2.24) is 9.97 Å². The van der Waals surface area contributed by atoms with E-state index in [9.17, 15) is 0 Å². The summed E-state index contributed by atoms with van der Waals surface area (Å²) in [5.74, 6) is 0.578. The van der Waals surface area contributed by atoms with Crippen molar-refractivity contribution >= 4 is 16.7 Å². The molecule has 0 unspecified atom stereocenters. The van der Waals surface area contributed by atoms with Gasteiger partial charge in [-0.2, -0.15) is 0 Å². The molecule has 0 radical (unpaired) electrons. The Balaban J connectivity index is 2.86. The fourth-order valence-electron chi connectivity index (χ4n) is 1.80. The highest BCUT2D eigenvalue weighted by Crippen LogP contribution is 2.31. The molecule has 2 rings (SSSR count). The molecule has 0 fully saturated rings. The van der Waals surface area contributed by atoms with E-state index in [0.717, 1.165) is 16.5 Å². The molecule has 3 nitrogen and oxygen atoms in total. The second-order valence-electron chi connectivity index (χ2n) is 4.71. The van der Waals surface area contributed by atoms with E-state index in [4.69, 9.17) is 5.73 Å². The van der Waals surface area contributed by atoms with Gasteiger partial charge in [-0.3, -0.25) is 4.98 Å². The molecule has 0 aromatic carbocycles. The molecule has 0 atom stereocenters. The number of anilines is 1. The Morgan fingerprint density at radius 2 is 1.93 bits per heavy atom. The molecule has 3 heteroatoms. The van der Waals surface area contributed by atoms with Gasteiger partial charge in [0.1, 0.15) is 5.82 Å². The maximum atomic E-state index is 5.92. The Labute approximate surface area is 89.4 Å². The fourth-order valence-corrected chi connectivity index (χ4v) is 1.80. The van der Waals surface area contributed by atoms with Gasteiger partial charge in [-0.15, -0.1) is 0 Å². The zero-order valence-corrected chi connectivity index (χ0v) is 9.28. The van der Waals surface area contributed by atoms with Crippen LogP contribution < -0.4 is 5.73 Å². The average Bonchev–Trinajstić information content (AvgIpc) is 2.15. The van der Waals surface area contributed by atoms with Crippen LogP contribution in [-0.4, -0.2) is 9.97 Å². The molecule has 0 aliphatic rings. The van der Waals surface area contributed by atoms with Gasteiger partial charge in [-0.1, -0.05) is 20.8 Å². The lowest BCUT2D eigenvalue weighted by atomic mass is 9.86. The Hall–Kier alpha value is -1.64. The number of nitrogen functional groups attached to an aromatic ring is 1. The summed E-state index contributed by atoms with van der Waals surface area (Å²) in [4.78, 5) is 8.60. The van der Waals surface area contributed by atoms with E-state index in [1.807, 2.05) is 12.1 Å². The summed E-state index contributed by atoms with van der Waals surface area (Å²) in [5, 5.41) is 1.04. The van der Waals surface area contributed by atoms with Crippen molar-refractivity contribution in [3.8, 4) is 0 Å². The predicted molar refractivity (Wildman–Crippen MR) is 62.7 cm³/mol. The van der Waals surface area contributed by atoms with Crippen LogP contribution in [-0.2, 0) is 5.41 Å². The first-order valence-electron chi connectivity index (χ1n) is 5.00. The summed E-state index contributed by atoms with van der Waals surface area (Å²) in [5.41, 5.74) is 7.87. The normalized spacial score (nSPS) is 11.9. The zero-order chi connectivity index (χ0) is 11.1. The number of nitrogens with two attached hydrogens (primary N) is 1. The molecule has 2 aromatic heterocycles. The summed E-state index contributed by atoms with van der Waals surface area (Å²) in [6.45, 7) is 6.36. The van der Waals surface area contributed by atoms with Crippen LogP contribution in [0.15, 0.2) is 24.5 Å². The zero-order valence-electron chi connectivity index (χ0n) is 9.28. The molecule has 0 aliphatic carbocycles. The summed E-state index contributed by atoms with van der Waals surface area (Å²) < 4.78 is 0. The van der Waals surface area contributed by atoms with E-state index in [1.165, 1.54) is 0 Å². The molecule has 0 spiro atoms. The second kappa shape index (κ2) is 3.19. The molecule has 78 valence electrons. The molecular weight excluding hydrogens is 186 g/mol. The molecule has 0 bridgehead atoms. The van der Waals surface area contributed by atoms with Crippen LogP contribution in [0.5, 0.6) is 0 Å². The molecule has 2 heterocycles. The summed E-state index contributed by atoms with van der Waals surface area (Å²) in [6.07, 6.45) is 3.56.